The minimum Gasteiger partial charge on any atom is -0.384 e. The first kappa shape index (κ1) is 9.31. The highest BCUT2D eigenvalue weighted by atomic mass is 15.2. The Kier molecular flexibility index (Phi) is 2.57. The molecule has 1 aliphatic carbocycles. The first-order valence-corrected chi connectivity index (χ1v) is 5.19. The van der Waals surface area contributed by atoms with Crippen LogP contribution in [0.5, 0.6) is 0 Å². The summed E-state index contributed by atoms with van der Waals surface area (Å²) in [5.41, 5.74) is 5.64. The molecular weight excluding hydrogens is 174 g/mol. The van der Waals surface area contributed by atoms with E-state index in [2.05, 4.69) is 16.9 Å². The van der Waals surface area contributed by atoms with Gasteiger partial charge in [-0.05, 0) is 30.9 Å². The van der Waals surface area contributed by atoms with Crippen LogP contribution < -0.4 is 10.6 Å². The minimum absolute atomic E-state index is 0.600. The number of pyridine rings is 1. The Balaban J connectivity index is 1.98. The van der Waals surface area contributed by atoms with Crippen molar-refractivity contribution in [1.82, 2.24) is 4.98 Å². The van der Waals surface area contributed by atoms with Crippen molar-refractivity contribution in [3.05, 3.63) is 18.2 Å². The van der Waals surface area contributed by atoms with Crippen molar-refractivity contribution in [2.45, 2.75) is 19.3 Å². The summed E-state index contributed by atoms with van der Waals surface area (Å²) in [6.07, 6.45) is 4.13. The fraction of sp³-hybridized carbons (Fsp3) is 0.545. The molecule has 1 aromatic rings. The van der Waals surface area contributed by atoms with Crippen molar-refractivity contribution in [1.29, 1.82) is 0 Å². The summed E-state index contributed by atoms with van der Waals surface area (Å²) in [6, 6.07) is 5.78. The van der Waals surface area contributed by atoms with E-state index in [0.717, 1.165) is 18.3 Å². The van der Waals surface area contributed by atoms with Crippen LogP contribution in [0.15, 0.2) is 18.2 Å². The maximum atomic E-state index is 5.64. The number of nitrogens with zero attached hydrogens (tertiary/aromatic N) is 2. The minimum atomic E-state index is 0.600. The molecule has 1 fully saturated rings. The van der Waals surface area contributed by atoms with Gasteiger partial charge in [0.15, 0.2) is 0 Å². The largest absolute Gasteiger partial charge is 0.384 e. The van der Waals surface area contributed by atoms with Crippen LogP contribution in [0, 0.1) is 5.92 Å². The van der Waals surface area contributed by atoms with Gasteiger partial charge in [0.1, 0.15) is 11.6 Å². The van der Waals surface area contributed by atoms with Gasteiger partial charge in [-0.2, -0.15) is 0 Å². The Hall–Kier alpha value is -1.25. The normalized spacial score (nSPS) is 16.4. The highest BCUT2D eigenvalue weighted by Crippen LogP contribution is 2.27. The number of hydrogen-bond donors (Lipinski definition) is 1. The van der Waals surface area contributed by atoms with Gasteiger partial charge < -0.3 is 10.6 Å². The van der Waals surface area contributed by atoms with Crippen LogP contribution in [-0.2, 0) is 0 Å². The maximum absolute atomic E-state index is 5.64. The summed E-state index contributed by atoms with van der Waals surface area (Å²) in [4.78, 5) is 6.48. The molecule has 1 saturated carbocycles. The second-order valence-electron chi connectivity index (χ2n) is 4.10. The van der Waals surface area contributed by atoms with Crippen molar-refractivity contribution < 1.29 is 0 Å². The van der Waals surface area contributed by atoms with Gasteiger partial charge >= 0.3 is 0 Å². The molecule has 0 amide bonds. The highest BCUT2D eigenvalue weighted by Gasteiger charge is 2.19. The van der Waals surface area contributed by atoms with E-state index in [1.807, 2.05) is 18.2 Å². The summed E-state index contributed by atoms with van der Waals surface area (Å²) in [7, 11) is 2.08. The predicted octanol–water partition coefficient (Wildman–Crippen LogP) is 1.90. The Morgan fingerprint density at radius 2 is 2.29 bits per heavy atom. The molecule has 1 aromatic heterocycles. The van der Waals surface area contributed by atoms with Gasteiger partial charge in [-0.25, -0.2) is 4.98 Å². The van der Waals surface area contributed by atoms with Gasteiger partial charge in [-0.15, -0.1) is 0 Å². The molecule has 0 atom stereocenters. The molecule has 0 aliphatic heterocycles. The van der Waals surface area contributed by atoms with Gasteiger partial charge in [0.25, 0.3) is 0 Å². The number of anilines is 2. The number of aromatic nitrogens is 1. The summed E-state index contributed by atoms with van der Waals surface area (Å²) in [5.74, 6) is 2.45. The van der Waals surface area contributed by atoms with Crippen LogP contribution in [0.3, 0.4) is 0 Å². The lowest BCUT2D eigenvalue weighted by atomic mass is 9.85. The fourth-order valence-corrected chi connectivity index (χ4v) is 1.81. The predicted molar refractivity (Wildman–Crippen MR) is 59.3 cm³/mol. The molecule has 0 unspecified atom stereocenters. The topological polar surface area (TPSA) is 42.1 Å². The molecular formula is C11H17N3. The van der Waals surface area contributed by atoms with Crippen LogP contribution in [-0.4, -0.2) is 18.6 Å². The first-order valence-electron chi connectivity index (χ1n) is 5.19. The highest BCUT2D eigenvalue weighted by molar-refractivity contribution is 5.44. The molecule has 2 rings (SSSR count). The van der Waals surface area contributed by atoms with E-state index in [9.17, 15) is 0 Å². The molecule has 0 aromatic carbocycles. The van der Waals surface area contributed by atoms with E-state index in [4.69, 9.17) is 5.73 Å². The third-order valence-corrected chi connectivity index (χ3v) is 2.90. The number of hydrogen-bond acceptors (Lipinski definition) is 3. The number of nitrogen functional groups attached to an aromatic ring is 1. The van der Waals surface area contributed by atoms with E-state index in [1.54, 1.807) is 0 Å². The Labute approximate surface area is 84.9 Å². The van der Waals surface area contributed by atoms with Crippen molar-refractivity contribution in [2.24, 2.45) is 5.92 Å². The second-order valence-corrected chi connectivity index (χ2v) is 4.10. The van der Waals surface area contributed by atoms with Gasteiger partial charge in [0, 0.05) is 13.6 Å². The zero-order valence-electron chi connectivity index (χ0n) is 8.61. The van der Waals surface area contributed by atoms with Crippen LogP contribution >= 0.6 is 0 Å². The summed E-state index contributed by atoms with van der Waals surface area (Å²) < 4.78 is 0. The van der Waals surface area contributed by atoms with E-state index >= 15 is 0 Å². The van der Waals surface area contributed by atoms with Crippen LogP contribution in [0.25, 0.3) is 0 Å². The van der Waals surface area contributed by atoms with Crippen molar-refractivity contribution in [2.75, 3.05) is 24.2 Å². The molecule has 1 aliphatic rings. The monoisotopic (exact) mass is 191 g/mol. The lowest BCUT2D eigenvalue weighted by Gasteiger charge is -2.30. The van der Waals surface area contributed by atoms with Gasteiger partial charge in [-0.1, -0.05) is 12.5 Å². The standard InChI is InChI=1S/C11H17N3/c1-14(8-9-4-2-5-9)11-7-3-6-10(12)13-11/h3,6-7,9H,2,4-5,8H2,1H3,(H2,12,13). The number of nitrogens with two attached hydrogens (primary N) is 1. The van der Waals surface area contributed by atoms with Crippen molar-refractivity contribution >= 4 is 11.6 Å². The quantitative estimate of drug-likeness (QED) is 0.793. The van der Waals surface area contributed by atoms with Crippen molar-refractivity contribution in [3.8, 4) is 0 Å². The molecule has 0 spiro atoms. The molecule has 0 radical (unpaired) electrons. The van der Waals surface area contributed by atoms with E-state index in [-0.39, 0.29) is 0 Å². The lowest BCUT2D eigenvalue weighted by Crippen LogP contribution is -2.29. The molecule has 0 bridgehead atoms. The summed E-state index contributed by atoms with van der Waals surface area (Å²) >= 11 is 0. The molecule has 76 valence electrons. The fourth-order valence-electron chi connectivity index (χ4n) is 1.81. The molecule has 14 heavy (non-hydrogen) atoms. The van der Waals surface area contributed by atoms with Gasteiger partial charge in [-0.3, -0.25) is 0 Å². The summed E-state index contributed by atoms with van der Waals surface area (Å²) in [6.45, 7) is 1.11. The average Bonchev–Trinajstić information content (AvgIpc) is 2.11. The molecule has 0 saturated heterocycles. The van der Waals surface area contributed by atoms with Crippen LogP contribution in [0.2, 0.25) is 0 Å². The van der Waals surface area contributed by atoms with Gasteiger partial charge in [0.2, 0.25) is 0 Å². The van der Waals surface area contributed by atoms with Gasteiger partial charge in [0.05, 0.1) is 0 Å². The van der Waals surface area contributed by atoms with Crippen LogP contribution in [0.4, 0.5) is 11.6 Å². The maximum Gasteiger partial charge on any atom is 0.130 e. The SMILES string of the molecule is CN(CC1CCC1)c1cccc(N)n1. The zero-order chi connectivity index (χ0) is 9.97. The summed E-state index contributed by atoms with van der Waals surface area (Å²) in [5, 5.41) is 0. The molecule has 1 heterocycles. The van der Waals surface area contributed by atoms with E-state index in [1.165, 1.54) is 19.3 Å². The molecule has 3 nitrogen and oxygen atoms in total. The zero-order valence-corrected chi connectivity index (χ0v) is 8.61. The first-order chi connectivity index (χ1) is 6.75. The van der Waals surface area contributed by atoms with E-state index in [0.29, 0.717) is 5.82 Å². The Bertz CT molecular complexity index is 307. The smallest absolute Gasteiger partial charge is 0.130 e. The molecule has 3 heteroatoms. The molecule has 2 N–H and O–H groups in total. The lowest BCUT2D eigenvalue weighted by molar-refractivity contribution is 0.321. The number of rotatable bonds is 3. The Morgan fingerprint density at radius 3 is 2.86 bits per heavy atom. The second kappa shape index (κ2) is 3.86. The average molecular weight is 191 g/mol. The van der Waals surface area contributed by atoms with Crippen molar-refractivity contribution in [3.63, 3.8) is 0 Å². The van der Waals surface area contributed by atoms with Crippen LogP contribution in [0.1, 0.15) is 19.3 Å². The Morgan fingerprint density at radius 1 is 1.50 bits per heavy atom. The third-order valence-electron chi connectivity index (χ3n) is 2.90. The van der Waals surface area contributed by atoms with E-state index < -0.39 is 0 Å². The third kappa shape index (κ3) is 1.97.